The number of nitrogens with two attached hydrogens (primary N) is 1. The van der Waals surface area contributed by atoms with Crippen LogP contribution in [0.2, 0.25) is 0 Å². The molecular weight excluding hydrogens is 178 g/mol. The molecule has 2 atom stereocenters. The van der Waals surface area contributed by atoms with Crippen LogP contribution in [-0.2, 0) is 9.53 Å². The van der Waals surface area contributed by atoms with E-state index in [0.717, 1.165) is 0 Å². The van der Waals surface area contributed by atoms with Gasteiger partial charge >= 0.3 is 0 Å². The Kier molecular flexibility index (Phi) is 2.55. The SMILES string of the molecule is COC1(Cl)C=CC=CC1C(N)=O. The zero-order chi connectivity index (χ0) is 9.19. The van der Waals surface area contributed by atoms with Gasteiger partial charge in [-0.3, -0.25) is 4.79 Å². The molecule has 0 saturated carbocycles. The van der Waals surface area contributed by atoms with Crippen LogP contribution in [0.1, 0.15) is 0 Å². The molecular formula is C8H10ClNO2. The van der Waals surface area contributed by atoms with Gasteiger partial charge in [0, 0.05) is 7.11 Å². The molecule has 1 aliphatic rings. The molecule has 1 amide bonds. The lowest BCUT2D eigenvalue weighted by atomic mass is 9.96. The smallest absolute Gasteiger partial charge is 0.228 e. The maximum absolute atomic E-state index is 10.9. The summed E-state index contributed by atoms with van der Waals surface area (Å²) in [6.45, 7) is 0. The van der Waals surface area contributed by atoms with Gasteiger partial charge in [0.1, 0.15) is 5.92 Å². The number of primary amides is 1. The third-order valence-electron chi connectivity index (χ3n) is 1.78. The van der Waals surface area contributed by atoms with E-state index in [0.29, 0.717) is 0 Å². The Morgan fingerprint density at radius 3 is 2.75 bits per heavy atom. The Labute approximate surface area is 75.8 Å². The highest BCUT2D eigenvalue weighted by molar-refractivity contribution is 6.26. The maximum atomic E-state index is 10.9. The van der Waals surface area contributed by atoms with Crippen LogP contribution in [-0.4, -0.2) is 18.1 Å². The zero-order valence-electron chi connectivity index (χ0n) is 6.66. The van der Waals surface area contributed by atoms with Crippen molar-refractivity contribution in [1.82, 2.24) is 0 Å². The van der Waals surface area contributed by atoms with Gasteiger partial charge in [0.2, 0.25) is 5.91 Å². The molecule has 3 nitrogen and oxygen atoms in total. The van der Waals surface area contributed by atoms with E-state index in [4.69, 9.17) is 22.1 Å². The highest BCUT2D eigenvalue weighted by atomic mass is 35.5. The molecule has 0 spiro atoms. The second kappa shape index (κ2) is 3.29. The number of amides is 1. The number of rotatable bonds is 2. The van der Waals surface area contributed by atoms with Gasteiger partial charge in [0.15, 0.2) is 5.06 Å². The number of allylic oxidation sites excluding steroid dienone is 2. The summed E-state index contributed by atoms with van der Waals surface area (Å²) in [5.41, 5.74) is 5.13. The average Bonchev–Trinajstić information content (AvgIpc) is 2.05. The van der Waals surface area contributed by atoms with Crippen molar-refractivity contribution in [1.29, 1.82) is 0 Å². The van der Waals surface area contributed by atoms with Gasteiger partial charge < -0.3 is 10.5 Å². The summed E-state index contributed by atoms with van der Waals surface area (Å²) in [4.78, 5) is 10.9. The van der Waals surface area contributed by atoms with Gasteiger partial charge in [0.25, 0.3) is 0 Å². The Bertz CT molecular complexity index is 249. The molecule has 0 aromatic carbocycles. The fraction of sp³-hybridized carbons (Fsp3) is 0.375. The van der Waals surface area contributed by atoms with E-state index in [1.165, 1.54) is 7.11 Å². The number of methoxy groups -OCH3 is 1. The van der Waals surface area contributed by atoms with Crippen molar-refractivity contribution in [3.8, 4) is 0 Å². The molecule has 1 aliphatic carbocycles. The Morgan fingerprint density at radius 1 is 1.67 bits per heavy atom. The lowest BCUT2D eigenvalue weighted by Gasteiger charge is -2.28. The van der Waals surface area contributed by atoms with Crippen LogP contribution in [0.4, 0.5) is 0 Å². The van der Waals surface area contributed by atoms with Crippen LogP contribution in [0, 0.1) is 5.92 Å². The van der Waals surface area contributed by atoms with E-state index in [-0.39, 0.29) is 0 Å². The molecule has 0 aromatic heterocycles. The molecule has 2 N–H and O–H groups in total. The first kappa shape index (κ1) is 9.29. The van der Waals surface area contributed by atoms with E-state index >= 15 is 0 Å². The molecule has 0 saturated heterocycles. The zero-order valence-corrected chi connectivity index (χ0v) is 7.41. The first-order valence-electron chi connectivity index (χ1n) is 3.49. The summed E-state index contributed by atoms with van der Waals surface area (Å²) >= 11 is 5.96. The van der Waals surface area contributed by atoms with Gasteiger partial charge in [-0.15, -0.1) is 0 Å². The Balaban J connectivity index is 2.92. The molecule has 0 aromatic rings. The minimum atomic E-state index is -1.11. The maximum Gasteiger partial charge on any atom is 0.228 e. The van der Waals surface area contributed by atoms with Crippen molar-refractivity contribution in [2.75, 3.05) is 7.11 Å². The van der Waals surface area contributed by atoms with Gasteiger partial charge in [-0.25, -0.2) is 0 Å². The first-order valence-corrected chi connectivity index (χ1v) is 3.87. The molecule has 66 valence electrons. The molecule has 0 fully saturated rings. The molecule has 0 radical (unpaired) electrons. The highest BCUT2D eigenvalue weighted by Crippen LogP contribution is 2.31. The molecule has 0 aliphatic heterocycles. The highest BCUT2D eigenvalue weighted by Gasteiger charge is 2.37. The minimum absolute atomic E-state index is 0.493. The van der Waals surface area contributed by atoms with Crippen LogP contribution >= 0.6 is 11.6 Å². The number of alkyl halides is 1. The monoisotopic (exact) mass is 187 g/mol. The summed E-state index contributed by atoms with van der Waals surface area (Å²) in [6, 6.07) is 0. The summed E-state index contributed by atoms with van der Waals surface area (Å²) < 4.78 is 4.98. The van der Waals surface area contributed by atoms with Gasteiger partial charge in [0.05, 0.1) is 0 Å². The van der Waals surface area contributed by atoms with E-state index < -0.39 is 16.9 Å². The third kappa shape index (κ3) is 1.52. The van der Waals surface area contributed by atoms with Crippen molar-refractivity contribution >= 4 is 17.5 Å². The van der Waals surface area contributed by atoms with E-state index in [9.17, 15) is 4.79 Å². The summed E-state index contributed by atoms with van der Waals surface area (Å²) in [5, 5.41) is -1.11. The Morgan fingerprint density at radius 2 is 2.33 bits per heavy atom. The van der Waals surface area contributed by atoms with Crippen molar-refractivity contribution in [2.24, 2.45) is 11.7 Å². The number of carbonyl (C=O) groups excluding carboxylic acids is 1. The number of halogens is 1. The number of ether oxygens (including phenoxy) is 1. The van der Waals surface area contributed by atoms with Crippen molar-refractivity contribution in [3.05, 3.63) is 24.3 Å². The van der Waals surface area contributed by atoms with Crippen molar-refractivity contribution in [3.63, 3.8) is 0 Å². The van der Waals surface area contributed by atoms with Gasteiger partial charge in [-0.2, -0.15) is 0 Å². The first-order chi connectivity index (χ1) is 5.60. The fourth-order valence-corrected chi connectivity index (χ4v) is 1.33. The fourth-order valence-electron chi connectivity index (χ4n) is 1.08. The minimum Gasteiger partial charge on any atom is -0.369 e. The van der Waals surface area contributed by atoms with Crippen LogP contribution < -0.4 is 5.73 Å². The molecule has 0 bridgehead atoms. The summed E-state index contributed by atoms with van der Waals surface area (Å²) in [6.07, 6.45) is 6.66. The lowest BCUT2D eigenvalue weighted by molar-refractivity contribution is -0.124. The van der Waals surface area contributed by atoms with Gasteiger partial charge in [-0.1, -0.05) is 29.8 Å². The second-order valence-electron chi connectivity index (χ2n) is 2.53. The normalized spacial score (nSPS) is 33.7. The number of hydrogen-bond acceptors (Lipinski definition) is 2. The molecule has 12 heavy (non-hydrogen) atoms. The second-order valence-corrected chi connectivity index (χ2v) is 3.12. The van der Waals surface area contributed by atoms with Crippen LogP contribution in [0.3, 0.4) is 0 Å². The summed E-state index contributed by atoms with van der Waals surface area (Å²) in [7, 11) is 1.44. The van der Waals surface area contributed by atoms with E-state index in [1.807, 2.05) is 0 Å². The predicted octanol–water partition coefficient (Wildman–Crippen LogP) is 0.795. The van der Waals surface area contributed by atoms with Crippen molar-refractivity contribution in [2.45, 2.75) is 5.06 Å². The van der Waals surface area contributed by atoms with Crippen LogP contribution in [0.15, 0.2) is 24.3 Å². The Hall–Kier alpha value is -0.800. The van der Waals surface area contributed by atoms with E-state index in [2.05, 4.69) is 0 Å². The molecule has 0 heterocycles. The van der Waals surface area contributed by atoms with Crippen LogP contribution in [0.25, 0.3) is 0 Å². The third-order valence-corrected chi connectivity index (χ3v) is 2.30. The topological polar surface area (TPSA) is 52.3 Å². The quantitative estimate of drug-likeness (QED) is 0.650. The van der Waals surface area contributed by atoms with Crippen LogP contribution in [0.5, 0.6) is 0 Å². The molecule has 2 unspecified atom stereocenters. The van der Waals surface area contributed by atoms with Crippen molar-refractivity contribution < 1.29 is 9.53 Å². The largest absolute Gasteiger partial charge is 0.369 e. The average molecular weight is 188 g/mol. The van der Waals surface area contributed by atoms with Gasteiger partial charge in [-0.05, 0) is 6.08 Å². The molecule has 4 heteroatoms. The number of hydrogen-bond donors (Lipinski definition) is 1. The van der Waals surface area contributed by atoms with E-state index in [1.54, 1.807) is 24.3 Å². The summed E-state index contributed by atoms with van der Waals surface area (Å²) in [5.74, 6) is -1.10. The molecule has 1 rings (SSSR count). The predicted molar refractivity (Wildman–Crippen MR) is 46.6 cm³/mol. The number of carbonyl (C=O) groups is 1. The lowest BCUT2D eigenvalue weighted by Crippen LogP contribution is -2.40. The standard InChI is InChI=1S/C8H10ClNO2/c1-12-8(9)5-3-2-4-6(8)7(10)11/h2-6H,1H3,(H2,10,11).